The van der Waals surface area contributed by atoms with E-state index in [4.69, 9.17) is 0 Å². The average Bonchev–Trinajstić information content (AvgIpc) is 2.55. The van der Waals surface area contributed by atoms with E-state index in [9.17, 15) is 8.42 Å². The standard InChI is InChI=1S/C19H27N3O2S/c1-15-6-12-18(13-7-15)25(23,24)20-14-19(22(4)5)16-8-10-17(11-9-16)21(2)3/h6-13,19-20H,14H2,1-5H3/p+1/t19-/m0/s1. The number of quaternary nitrogens is 1. The van der Waals surface area contributed by atoms with Crippen molar-refractivity contribution in [1.29, 1.82) is 0 Å². The van der Waals surface area contributed by atoms with Crippen molar-refractivity contribution >= 4 is 15.7 Å². The van der Waals surface area contributed by atoms with Crippen LogP contribution in [0.3, 0.4) is 0 Å². The lowest BCUT2D eigenvalue weighted by atomic mass is 10.1. The second-order valence-electron chi connectivity index (χ2n) is 6.78. The molecule has 0 spiro atoms. The SMILES string of the molecule is Cc1ccc(S(=O)(=O)NC[C@@H](c2ccc(N(C)C)cc2)[NH+](C)C)cc1. The molecule has 1 atom stereocenters. The molecular weight excluding hydrogens is 334 g/mol. The summed E-state index contributed by atoms with van der Waals surface area (Å²) < 4.78 is 27.8. The van der Waals surface area contributed by atoms with Gasteiger partial charge in [-0.25, -0.2) is 13.1 Å². The van der Waals surface area contributed by atoms with Gasteiger partial charge >= 0.3 is 0 Å². The van der Waals surface area contributed by atoms with Gasteiger partial charge < -0.3 is 9.80 Å². The largest absolute Gasteiger partial charge is 0.378 e. The lowest BCUT2D eigenvalue weighted by molar-refractivity contribution is -0.890. The summed E-state index contributed by atoms with van der Waals surface area (Å²) in [6.45, 7) is 2.28. The number of hydrogen-bond acceptors (Lipinski definition) is 3. The molecule has 5 nitrogen and oxygen atoms in total. The summed E-state index contributed by atoms with van der Waals surface area (Å²) in [6, 6.07) is 15.2. The molecule has 6 heteroatoms. The van der Waals surface area contributed by atoms with Crippen molar-refractivity contribution in [2.75, 3.05) is 39.6 Å². The van der Waals surface area contributed by atoms with E-state index in [2.05, 4.69) is 29.0 Å². The maximum Gasteiger partial charge on any atom is 0.240 e. The zero-order chi connectivity index (χ0) is 18.6. The van der Waals surface area contributed by atoms with E-state index in [1.165, 1.54) is 4.90 Å². The zero-order valence-electron chi connectivity index (χ0n) is 15.6. The number of benzene rings is 2. The van der Waals surface area contributed by atoms with Gasteiger partial charge in [0.15, 0.2) is 0 Å². The van der Waals surface area contributed by atoms with Crippen LogP contribution in [0.4, 0.5) is 5.69 Å². The minimum atomic E-state index is -3.51. The van der Waals surface area contributed by atoms with Gasteiger partial charge in [0.2, 0.25) is 10.0 Å². The number of hydrogen-bond donors (Lipinski definition) is 2. The zero-order valence-corrected chi connectivity index (χ0v) is 16.4. The molecule has 0 heterocycles. The Bertz CT molecular complexity index is 782. The van der Waals surface area contributed by atoms with Crippen LogP contribution in [0.2, 0.25) is 0 Å². The van der Waals surface area contributed by atoms with Crippen LogP contribution in [0.1, 0.15) is 17.2 Å². The third kappa shape index (κ3) is 5.04. The highest BCUT2D eigenvalue weighted by atomic mass is 32.2. The van der Waals surface area contributed by atoms with Crippen LogP contribution in [-0.2, 0) is 10.0 Å². The molecule has 0 saturated carbocycles. The molecule has 2 N–H and O–H groups in total. The Kier molecular flexibility index (Phi) is 6.21. The molecule has 0 aliphatic heterocycles. The normalized spacial score (nSPS) is 13.0. The maximum atomic E-state index is 12.5. The van der Waals surface area contributed by atoms with E-state index in [0.29, 0.717) is 11.4 Å². The molecule has 0 saturated heterocycles. The summed E-state index contributed by atoms with van der Waals surface area (Å²) in [5.74, 6) is 0. The minimum Gasteiger partial charge on any atom is -0.378 e. The van der Waals surface area contributed by atoms with Gasteiger partial charge in [0.25, 0.3) is 0 Å². The molecule has 0 fully saturated rings. The first-order chi connectivity index (χ1) is 11.7. The molecule has 0 unspecified atom stereocenters. The number of sulfonamides is 1. The quantitative estimate of drug-likeness (QED) is 0.779. The Labute approximate surface area is 151 Å². The summed E-state index contributed by atoms with van der Waals surface area (Å²) in [4.78, 5) is 3.51. The van der Waals surface area contributed by atoms with Crippen LogP contribution >= 0.6 is 0 Å². The molecule has 136 valence electrons. The molecule has 2 aromatic carbocycles. The minimum absolute atomic E-state index is 0.0384. The lowest BCUT2D eigenvalue weighted by Gasteiger charge is -2.23. The molecule has 0 aliphatic rings. The third-order valence-electron chi connectivity index (χ3n) is 4.32. The van der Waals surface area contributed by atoms with Crippen LogP contribution in [0.25, 0.3) is 0 Å². The van der Waals surface area contributed by atoms with Crippen LogP contribution in [0.15, 0.2) is 53.4 Å². The molecule has 0 radical (unpaired) electrons. The topological polar surface area (TPSA) is 53.9 Å². The molecule has 2 rings (SSSR count). The van der Waals surface area contributed by atoms with E-state index in [-0.39, 0.29) is 6.04 Å². The summed E-state index contributed by atoms with van der Waals surface area (Å²) in [6.07, 6.45) is 0. The smallest absolute Gasteiger partial charge is 0.240 e. The number of aryl methyl sites for hydroxylation is 1. The van der Waals surface area contributed by atoms with Crippen molar-refractivity contribution < 1.29 is 13.3 Å². The van der Waals surface area contributed by atoms with Gasteiger partial charge in [-0.1, -0.05) is 29.8 Å². The van der Waals surface area contributed by atoms with Crippen molar-refractivity contribution in [3.8, 4) is 0 Å². The van der Waals surface area contributed by atoms with E-state index in [1.807, 2.05) is 52.1 Å². The summed E-state index contributed by atoms with van der Waals surface area (Å²) in [7, 11) is 4.56. The Morgan fingerprint density at radius 2 is 1.56 bits per heavy atom. The summed E-state index contributed by atoms with van der Waals surface area (Å²) >= 11 is 0. The Hall–Kier alpha value is -1.89. The number of rotatable bonds is 7. The number of likely N-dealkylation sites (N-methyl/N-ethyl adjacent to an activating group) is 1. The third-order valence-corrected chi connectivity index (χ3v) is 5.76. The first kappa shape index (κ1) is 19.4. The van der Waals surface area contributed by atoms with Gasteiger partial charge in [-0.3, -0.25) is 0 Å². The van der Waals surface area contributed by atoms with E-state index < -0.39 is 10.0 Å². The Balaban J connectivity index is 2.15. The lowest BCUT2D eigenvalue weighted by Crippen LogP contribution is -3.07. The van der Waals surface area contributed by atoms with Crippen molar-refractivity contribution in [1.82, 2.24) is 4.72 Å². The van der Waals surface area contributed by atoms with Crippen molar-refractivity contribution in [3.05, 3.63) is 59.7 Å². The fourth-order valence-corrected chi connectivity index (χ4v) is 3.70. The molecule has 0 bridgehead atoms. The monoisotopic (exact) mass is 362 g/mol. The highest BCUT2D eigenvalue weighted by Crippen LogP contribution is 2.17. The fraction of sp³-hybridized carbons (Fsp3) is 0.368. The van der Waals surface area contributed by atoms with Gasteiger partial charge in [-0.15, -0.1) is 0 Å². The van der Waals surface area contributed by atoms with Crippen molar-refractivity contribution in [2.24, 2.45) is 0 Å². The van der Waals surface area contributed by atoms with Crippen molar-refractivity contribution in [2.45, 2.75) is 17.9 Å². The predicted molar refractivity (Wildman–Crippen MR) is 103 cm³/mol. The van der Waals surface area contributed by atoms with Crippen LogP contribution in [-0.4, -0.2) is 43.2 Å². The molecular formula is C19H28N3O2S+. The van der Waals surface area contributed by atoms with Gasteiger partial charge in [-0.2, -0.15) is 0 Å². The Morgan fingerprint density at radius 3 is 2.04 bits per heavy atom. The number of anilines is 1. The first-order valence-corrected chi connectivity index (χ1v) is 9.82. The van der Waals surface area contributed by atoms with E-state index in [0.717, 1.165) is 16.8 Å². The summed E-state index contributed by atoms with van der Waals surface area (Å²) in [5.41, 5.74) is 3.27. The van der Waals surface area contributed by atoms with E-state index >= 15 is 0 Å². The van der Waals surface area contributed by atoms with Crippen LogP contribution in [0, 0.1) is 6.92 Å². The van der Waals surface area contributed by atoms with Crippen molar-refractivity contribution in [3.63, 3.8) is 0 Å². The average molecular weight is 363 g/mol. The van der Waals surface area contributed by atoms with E-state index in [1.54, 1.807) is 12.1 Å². The number of nitrogens with zero attached hydrogens (tertiary/aromatic N) is 1. The predicted octanol–water partition coefficient (Wildman–Crippen LogP) is 1.23. The molecule has 25 heavy (non-hydrogen) atoms. The highest BCUT2D eigenvalue weighted by molar-refractivity contribution is 7.89. The molecule has 0 aliphatic carbocycles. The molecule has 2 aromatic rings. The molecule has 0 amide bonds. The van der Waals surface area contributed by atoms with Gasteiger partial charge in [0.1, 0.15) is 6.04 Å². The fourth-order valence-electron chi connectivity index (χ4n) is 2.65. The Morgan fingerprint density at radius 1 is 1.00 bits per heavy atom. The second kappa shape index (κ2) is 7.99. The summed E-state index contributed by atoms with van der Waals surface area (Å²) in [5, 5.41) is 0. The van der Waals surface area contributed by atoms with Crippen LogP contribution in [0.5, 0.6) is 0 Å². The highest BCUT2D eigenvalue weighted by Gasteiger charge is 2.22. The van der Waals surface area contributed by atoms with Gasteiger partial charge in [0.05, 0.1) is 25.5 Å². The van der Waals surface area contributed by atoms with Gasteiger partial charge in [-0.05, 0) is 31.2 Å². The van der Waals surface area contributed by atoms with Gasteiger partial charge in [0, 0.05) is 25.3 Å². The van der Waals surface area contributed by atoms with Crippen LogP contribution < -0.4 is 14.5 Å². The second-order valence-corrected chi connectivity index (χ2v) is 8.55. The molecule has 0 aromatic heterocycles. The number of nitrogens with one attached hydrogen (secondary N) is 2. The maximum absolute atomic E-state index is 12.5. The first-order valence-electron chi connectivity index (χ1n) is 8.34.